The van der Waals surface area contributed by atoms with Gasteiger partial charge in [-0.05, 0) is 67.3 Å². The van der Waals surface area contributed by atoms with Crippen molar-refractivity contribution in [3.8, 4) is 5.75 Å². The second kappa shape index (κ2) is 15.2. The van der Waals surface area contributed by atoms with E-state index in [-0.39, 0.29) is 5.91 Å². The Morgan fingerprint density at radius 1 is 0.771 bits per heavy atom. The van der Waals surface area contributed by atoms with Crippen molar-refractivity contribution in [1.82, 2.24) is 4.98 Å². The van der Waals surface area contributed by atoms with Crippen LogP contribution in [0.5, 0.6) is 5.75 Å². The molecule has 0 atom stereocenters. The average Bonchev–Trinajstić information content (AvgIpc) is 2.88. The van der Waals surface area contributed by atoms with E-state index < -0.39 is 0 Å². The van der Waals surface area contributed by atoms with E-state index in [1.165, 1.54) is 69.8 Å². The minimum absolute atomic E-state index is 0.202. The van der Waals surface area contributed by atoms with Crippen LogP contribution in [0.2, 0.25) is 0 Å². The number of hydrogen-bond donors (Lipinski definition) is 1. The molecule has 1 N–H and O–H groups in total. The summed E-state index contributed by atoms with van der Waals surface area (Å²) in [5, 5.41) is 4.02. The van der Waals surface area contributed by atoms with Gasteiger partial charge >= 0.3 is 0 Å². The summed E-state index contributed by atoms with van der Waals surface area (Å²) in [6.07, 6.45) is 15.2. The highest BCUT2D eigenvalue weighted by Crippen LogP contribution is 2.20. The van der Waals surface area contributed by atoms with Crippen LogP contribution < -0.4 is 10.1 Å². The minimum Gasteiger partial charge on any atom is -0.494 e. The van der Waals surface area contributed by atoms with Gasteiger partial charge in [0, 0.05) is 11.1 Å². The highest BCUT2D eigenvalue weighted by atomic mass is 16.5. The van der Waals surface area contributed by atoms with E-state index in [0.717, 1.165) is 41.8 Å². The van der Waals surface area contributed by atoms with Crippen molar-refractivity contribution >= 4 is 22.5 Å². The second-order valence-corrected chi connectivity index (χ2v) is 9.48. The van der Waals surface area contributed by atoms with E-state index in [1.54, 1.807) is 0 Å². The number of amides is 1. The molecule has 2 aromatic carbocycles. The lowest BCUT2D eigenvalue weighted by Gasteiger charge is -2.09. The van der Waals surface area contributed by atoms with Gasteiger partial charge in [0.15, 0.2) is 0 Å². The molecule has 188 valence electrons. The predicted octanol–water partition coefficient (Wildman–Crippen LogP) is 8.74. The van der Waals surface area contributed by atoms with Gasteiger partial charge in [0.1, 0.15) is 11.4 Å². The van der Waals surface area contributed by atoms with E-state index in [0.29, 0.717) is 5.69 Å². The topological polar surface area (TPSA) is 51.2 Å². The fourth-order valence-electron chi connectivity index (χ4n) is 4.29. The Balaban J connectivity index is 1.47. The molecule has 0 spiro atoms. The fraction of sp³-hybridized carbons (Fsp3) is 0.484. The summed E-state index contributed by atoms with van der Waals surface area (Å²) in [4.78, 5) is 17.3. The number of benzene rings is 2. The SMILES string of the molecule is CCCCCCCCCCc1ccc2nc(C(=O)Nc3ccc(OCCCCC)cc3)ccc2c1. The van der Waals surface area contributed by atoms with Gasteiger partial charge in [0.05, 0.1) is 12.1 Å². The van der Waals surface area contributed by atoms with Gasteiger partial charge in [0.2, 0.25) is 0 Å². The molecule has 0 unspecified atom stereocenters. The van der Waals surface area contributed by atoms with Gasteiger partial charge in [-0.15, -0.1) is 0 Å². The number of nitrogens with zero attached hydrogens (tertiary/aromatic N) is 1. The summed E-state index contributed by atoms with van der Waals surface area (Å²) in [5.74, 6) is 0.622. The quantitative estimate of drug-likeness (QED) is 0.211. The maximum atomic E-state index is 12.7. The molecule has 1 aromatic heterocycles. The molecular formula is C31H42N2O2. The molecule has 0 radical (unpaired) electrons. The van der Waals surface area contributed by atoms with Gasteiger partial charge < -0.3 is 10.1 Å². The van der Waals surface area contributed by atoms with Crippen LogP contribution in [0.15, 0.2) is 54.6 Å². The first-order valence-corrected chi connectivity index (χ1v) is 13.6. The monoisotopic (exact) mass is 474 g/mol. The third kappa shape index (κ3) is 9.35. The van der Waals surface area contributed by atoms with Crippen LogP contribution in [0.25, 0.3) is 10.9 Å². The number of fused-ring (bicyclic) bond motifs is 1. The van der Waals surface area contributed by atoms with Gasteiger partial charge in [0.25, 0.3) is 5.91 Å². The Hall–Kier alpha value is -2.88. The molecular weight excluding hydrogens is 432 g/mol. The normalized spacial score (nSPS) is 11.0. The molecule has 0 bridgehead atoms. The first-order valence-electron chi connectivity index (χ1n) is 13.6. The Morgan fingerprint density at radius 2 is 1.46 bits per heavy atom. The number of unbranched alkanes of at least 4 members (excludes halogenated alkanes) is 9. The largest absolute Gasteiger partial charge is 0.494 e. The summed E-state index contributed by atoms with van der Waals surface area (Å²) >= 11 is 0. The van der Waals surface area contributed by atoms with Crippen LogP contribution in [0, 0.1) is 0 Å². The summed E-state index contributed by atoms with van der Waals surface area (Å²) < 4.78 is 5.74. The van der Waals surface area contributed by atoms with Crippen molar-refractivity contribution in [2.45, 2.75) is 90.9 Å². The van der Waals surface area contributed by atoms with Crippen LogP contribution in [-0.2, 0) is 6.42 Å². The first kappa shape index (κ1) is 26.7. The number of carbonyl (C=O) groups excluding carboxylic acids is 1. The number of aromatic nitrogens is 1. The molecule has 1 heterocycles. The van der Waals surface area contributed by atoms with Crippen molar-refractivity contribution in [1.29, 1.82) is 0 Å². The lowest BCUT2D eigenvalue weighted by atomic mass is 10.0. The molecule has 0 aliphatic carbocycles. The molecule has 4 heteroatoms. The average molecular weight is 475 g/mol. The van der Waals surface area contributed by atoms with Crippen LogP contribution in [0.4, 0.5) is 5.69 Å². The zero-order chi connectivity index (χ0) is 24.7. The standard InChI is InChI=1S/C31H42N2O2/c1-3-5-7-8-9-10-11-12-14-25-15-21-29-26(24-25)16-22-30(33-29)31(34)32-27-17-19-28(20-18-27)35-23-13-6-4-2/h15-22,24H,3-14,23H2,1-2H3,(H,32,34). The lowest BCUT2D eigenvalue weighted by molar-refractivity contribution is 0.102. The summed E-state index contributed by atoms with van der Waals surface area (Å²) in [5.41, 5.74) is 3.36. The number of pyridine rings is 1. The smallest absolute Gasteiger partial charge is 0.274 e. The van der Waals surface area contributed by atoms with E-state index in [4.69, 9.17) is 4.74 Å². The number of nitrogens with one attached hydrogen (secondary N) is 1. The number of hydrogen-bond acceptors (Lipinski definition) is 3. The molecule has 35 heavy (non-hydrogen) atoms. The van der Waals surface area contributed by atoms with Crippen molar-refractivity contribution in [2.75, 3.05) is 11.9 Å². The Bertz CT molecular complexity index is 1030. The molecule has 0 aliphatic heterocycles. The maximum absolute atomic E-state index is 12.7. The molecule has 0 saturated heterocycles. The minimum atomic E-state index is -0.202. The molecule has 4 nitrogen and oxygen atoms in total. The molecule has 3 aromatic rings. The van der Waals surface area contributed by atoms with Gasteiger partial charge in [-0.2, -0.15) is 0 Å². The van der Waals surface area contributed by atoms with Crippen molar-refractivity contribution < 1.29 is 9.53 Å². The molecule has 0 fully saturated rings. The highest BCUT2D eigenvalue weighted by molar-refractivity contribution is 6.04. The first-order chi connectivity index (χ1) is 17.2. The van der Waals surface area contributed by atoms with E-state index in [1.807, 2.05) is 42.5 Å². The maximum Gasteiger partial charge on any atom is 0.274 e. The fourth-order valence-corrected chi connectivity index (χ4v) is 4.29. The van der Waals surface area contributed by atoms with Gasteiger partial charge in [-0.25, -0.2) is 4.98 Å². The molecule has 1 amide bonds. The van der Waals surface area contributed by atoms with E-state index >= 15 is 0 Å². The molecule has 3 rings (SSSR count). The Labute approximate surface area is 211 Å². The zero-order valence-electron chi connectivity index (χ0n) is 21.7. The van der Waals surface area contributed by atoms with E-state index in [2.05, 4.69) is 36.3 Å². The van der Waals surface area contributed by atoms with Gasteiger partial charge in [-0.3, -0.25) is 4.79 Å². The van der Waals surface area contributed by atoms with Crippen LogP contribution >= 0.6 is 0 Å². The van der Waals surface area contributed by atoms with Crippen molar-refractivity contribution in [3.63, 3.8) is 0 Å². The van der Waals surface area contributed by atoms with Crippen molar-refractivity contribution in [3.05, 3.63) is 65.9 Å². The highest BCUT2D eigenvalue weighted by Gasteiger charge is 2.09. The summed E-state index contributed by atoms with van der Waals surface area (Å²) in [6.45, 7) is 5.17. The third-order valence-corrected chi connectivity index (χ3v) is 6.43. The number of anilines is 1. The zero-order valence-corrected chi connectivity index (χ0v) is 21.7. The Morgan fingerprint density at radius 3 is 2.20 bits per heavy atom. The molecule has 0 saturated carbocycles. The number of aryl methyl sites for hydroxylation is 1. The van der Waals surface area contributed by atoms with Crippen LogP contribution in [0.1, 0.15) is 101 Å². The van der Waals surface area contributed by atoms with Crippen molar-refractivity contribution in [2.24, 2.45) is 0 Å². The second-order valence-electron chi connectivity index (χ2n) is 9.48. The number of rotatable bonds is 16. The predicted molar refractivity (Wildman–Crippen MR) is 147 cm³/mol. The van der Waals surface area contributed by atoms with Gasteiger partial charge in [-0.1, -0.05) is 83.8 Å². The third-order valence-electron chi connectivity index (χ3n) is 6.43. The summed E-state index contributed by atoms with van der Waals surface area (Å²) in [6, 6.07) is 17.7. The summed E-state index contributed by atoms with van der Waals surface area (Å²) in [7, 11) is 0. The lowest BCUT2D eigenvalue weighted by Crippen LogP contribution is -2.13. The number of carbonyl (C=O) groups is 1. The van der Waals surface area contributed by atoms with E-state index in [9.17, 15) is 4.79 Å². The number of ether oxygens (including phenoxy) is 1. The Kier molecular flexibility index (Phi) is 11.6. The van der Waals surface area contributed by atoms with Crippen LogP contribution in [-0.4, -0.2) is 17.5 Å². The molecule has 0 aliphatic rings. The van der Waals surface area contributed by atoms with Crippen LogP contribution in [0.3, 0.4) is 0 Å².